The van der Waals surface area contributed by atoms with Gasteiger partial charge in [0.25, 0.3) is 0 Å². The van der Waals surface area contributed by atoms with Gasteiger partial charge < -0.3 is 0 Å². The number of hydrogen-bond acceptors (Lipinski definition) is 3. The first-order chi connectivity index (χ1) is 10.6. The van der Waals surface area contributed by atoms with E-state index in [1.807, 2.05) is 0 Å². The first kappa shape index (κ1) is 21.7. The predicted octanol–water partition coefficient (Wildman–Crippen LogP) is 5.76. The Morgan fingerprint density at radius 2 is 1.04 bits per heavy atom. The number of rotatable bonds is 6. The summed E-state index contributed by atoms with van der Waals surface area (Å²) < 4.78 is -2.40. The van der Waals surface area contributed by atoms with Gasteiger partial charge in [-0.2, -0.15) is 0 Å². The van der Waals surface area contributed by atoms with E-state index in [0.717, 1.165) is 0 Å². The summed E-state index contributed by atoms with van der Waals surface area (Å²) in [5.74, 6) is -0.606. The van der Waals surface area contributed by atoms with Crippen molar-refractivity contribution in [3.8, 4) is 0 Å². The first-order valence-corrected chi connectivity index (χ1v) is 9.80. The lowest BCUT2D eigenvalue weighted by atomic mass is 9.87. The Hall–Kier alpha value is -0.330. The van der Waals surface area contributed by atoms with Crippen LogP contribution in [0.3, 0.4) is 0 Å². The molecule has 1 rings (SSSR count). The maximum Gasteiger partial charge on any atom is 0.179 e. The summed E-state index contributed by atoms with van der Waals surface area (Å²) in [4.78, 5) is 38.0. The van der Waals surface area contributed by atoms with E-state index in [2.05, 4.69) is 47.8 Å². The second kappa shape index (κ2) is 7.12. The van der Waals surface area contributed by atoms with Gasteiger partial charge >= 0.3 is 0 Å². The van der Waals surface area contributed by atoms with Crippen molar-refractivity contribution in [3.63, 3.8) is 0 Å². The Labute approximate surface area is 168 Å². The summed E-state index contributed by atoms with van der Waals surface area (Å²) in [6.45, 7) is 10.4. The van der Waals surface area contributed by atoms with Gasteiger partial charge in [0.1, 0.15) is 0 Å². The maximum absolute atomic E-state index is 12.8. The Morgan fingerprint density at radius 3 is 1.42 bits per heavy atom. The minimum atomic E-state index is -0.843. The normalized spacial score (nSPS) is 12.9. The molecule has 0 fully saturated rings. The van der Waals surface area contributed by atoms with Crippen LogP contribution in [0, 0.1) is 0 Å². The van der Waals surface area contributed by atoms with Gasteiger partial charge in [-0.1, -0.05) is 53.9 Å². The highest BCUT2D eigenvalue weighted by Crippen LogP contribution is 2.31. The summed E-state index contributed by atoms with van der Waals surface area (Å²) in [6, 6.07) is 4.67. The number of hydrogen-bond donors (Lipinski definition) is 0. The second-order valence-corrected chi connectivity index (χ2v) is 13.1. The third kappa shape index (κ3) is 5.09. The Bertz CT molecular complexity index is 687. The van der Waals surface area contributed by atoms with Gasteiger partial charge in [-0.3, -0.25) is 14.4 Å². The zero-order chi connectivity index (χ0) is 19.1. The molecule has 0 bridgehead atoms. The molecule has 0 aliphatic rings. The molecule has 0 saturated carbocycles. The SMILES string of the molecule is CC(C)(Br)C(=O)c1ccc(C(=O)C(C)(C)Br)c(C(=O)C(C)(C)Br)c1. The fraction of sp³-hybridized carbons (Fsp3) is 0.500. The molecule has 0 atom stereocenters. The standard InChI is InChI=1S/C18H21Br3O3/c1-16(2,19)13(22)10-7-8-11(14(23)17(3,4)20)12(9-10)15(24)18(5,6)21/h7-9H,1-6H3. The van der Waals surface area contributed by atoms with E-state index in [-0.39, 0.29) is 22.9 Å². The van der Waals surface area contributed by atoms with Crippen LogP contribution in [-0.4, -0.2) is 30.3 Å². The van der Waals surface area contributed by atoms with Gasteiger partial charge in [-0.25, -0.2) is 0 Å². The number of ketones is 3. The number of Topliss-reactive ketones (excluding diaryl/α,β-unsaturated/α-hetero) is 3. The van der Waals surface area contributed by atoms with Crippen LogP contribution in [-0.2, 0) is 0 Å². The number of halogens is 3. The summed E-state index contributed by atoms with van der Waals surface area (Å²) in [5, 5.41) is 0. The van der Waals surface area contributed by atoms with Crippen LogP contribution in [0.2, 0.25) is 0 Å². The summed E-state index contributed by atoms with van der Waals surface area (Å²) in [5.41, 5.74) is 0.941. The van der Waals surface area contributed by atoms with Crippen molar-refractivity contribution in [1.82, 2.24) is 0 Å². The van der Waals surface area contributed by atoms with Crippen LogP contribution < -0.4 is 0 Å². The lowest BCUT2D eigenvalue weighted by molar-refractivity contribution is 0.0926. The number of carbonyl (C=O) groups excluding carboxylic acids is 3. The molecule has 0 saturated heterocycles. The lowest BCUT2D eigenvalue weighted by Crippen LogP contribution is -2.31. The van der Waals surface area contributed by atoms with E-state index >= 15 is 0 Å². The van der Waals surface area contributed by atoms with Gasteiger partial charge in [-0.05, 0) is 53.7 Å². The van der Waals surface area contributed by atoms with Crippen molar-refractivity contribution in [2.75, 3.05) is 0 Å². The molecule has 3 nitrogen and oxygen atoms in total. The predicted molar refractivity (Wildman–Crippen MR) is 108 cm³/mol. The van der Waals surface area contributed by atoms with Crippen molar-refractivity contribution in [3.05, 3.63) is 34.9 Å². The molecule has 0 aliphatic heterocycles. The molecular formula is C18H21Br3O3. The van der Waals surface area contributed by atoms with Gasteiger partial charge in [0.05, 0.1) is 13.0 Å². The third-order valence-corrected chi connectivity index (χ3v) is 4.47. The van der Waals surface area contributed by atoms with Crippen molar-refractivity contribution < 1.29 is 14.4 Å². The Morgan fingerprint density at radius 1 is 0.667 bits per heavy atom. The van der Waals surface area contributed by atoms with Crippen molar-refractivity contribution >= 4 is 65.1 Å². The molecule has 0 spiro atoms. The molecule has 6 heteroatoms. The topological polar surface area (TPSA) is 51.2 Å². The van der Waals surface area contributed by atoms with Gasteiger partial charge in [0.2, 0.25) is 0 Å². The molecule has 0 unspecified atom stereocenters. The van der Waals surface area contributed by atoms with E-state index in [4.69, 9.17) is 0 Å². The number of alkyl halides is 3. The maximum atomic E-state index is 12.8. The summed E-state index contributed by atoms with van der Waals surface area (Å²) in [7, 11) is 0. The minimum absolute atomic E-state index is 0.152. The van der Waals surface area contributed by atoms with E-state index in [0.29, 0.717) is 11.1 Å². The van der Waals surface area contributed by atoms with Gasteiger partial charge in [0, 0.05) is 16.7 Å². The molecule has 1 aromatic rings. The fourth-order valence-electron chi connectivity index (χ4n) is 2.06. The highest BCUT2D eigenvalue weighted by Gasteiger charge is 2.34. The van der Waals surface area contributed by atoms with Crippen LogP contribution in [0.15, 0.2) is 18.2 Å². The summed E-state index contributed by atoms with van der Waals surface area (Å²) in [6.07, 6.45) is 0. The highest BCUT2D eigenvalue weighted by atomic mass is 79.9. The molecular weight excluding hydrogens is 504 g/mol. The third-order valence-electron chi connectivity index (χ3n) is 3.39. The molecule has 0 aliphatic carbocycles. The largest absolute Gasteiger partial charge is 0.293 e. The lowest BCUT2D eigenvalue weighted by Gasteiger charge is -2.22. The van der Waals surface area contributed by atoms with Crippen LogP contribution in [0.25, 0.3) is 0 Å². The van der Waals surface area contributed by atoms with Gasteiger partial charge in [0.15, 0.2) is 17.3 Å². The summed E-state index contributed by atoms with van der Waals surface area (Å²) >= 11 is 10.0. The van der Waals surface area contributed by atoms with Crippen LogP contribution in [0.4, 0.5) is 0 Å². The average molecular weight is 525 g/mol. The molecule has 1 aromatic carbocycles. The smallest absolute Gasteiger partial charge is 0.179 e. The minimum Gasteiger partial charge on any atom is -0.293 e. The molecule has 0 radical (unpaired) electrons. The Kier molecular flexibility index (Phi) is 6.44. The molecule has 0 heterocycles. The van der Waals surface area contributed by atoms with Crippen molar-refractivity contribution in [2.45, 2.75) is 54.5 Å². The quantitative estimate of drug-likeness (QED) is 0.351. The fourth-order valence-corrected chi connectivity index (χ4v) is 2.71. The van der Waals surface area contributed by atoms with E-state index in [1.165, 1.54) is 6.07 Å². The molecule has 0 aromatic heterocycles. The van der Waals surface area contributed by atoms with Crippen LogP contribution >= 0.6 is 47.8 Å². The van der Waals surface area contributed by atoms with Crippen LogP contribution in [0.5, 0.6) is 0 Å². The first-order valence-electron chi connectivity index (χ1n) is 7.42. The molecule has 24 heavy (non-hydrogen) atoms. The van der Waals surface area contributed by atoms with E-state index < -0.39 is 13.0 Å². The van der Waals surface area contributed by atoms with Crippen molar-refractivity contribution in [1.29, 1.82) is 0 Å². The molecule has 132 valence electrons. The average Bonchev–Trinajstić information content (AvgIpc) is 2.41. The monoisotopic (exact) mass is 522 g/mol. The highest BCUT2D eigenvalue weighted by molar-refractivity contribution is 9.10. The van der Waals surface area contributed by atoms with Crippen molar-refractivity contribution in [2.24, 2.45) is 0 Å². The number of benzene rings is 1. The van der Waals surface area contributed by atoms with E-state index in [9.17, 15) is 14.4 Å². The number of carbonyl (C=O) groups is 3. The van der Waals surface area contributed by atoms with Gasteiger partial charge in [-0.15, -0.1) is 0 Å². The zero-order valence-corrected chi connectivity index (χ0v) is 19.3. The molecule has 0 amide bonds. The van der Waals surface area contributed by atoms with Crippen LogP contribution in [0.1, 0.15) is 72.6 Å². The van der Waals surface area contributed by atoms with E-state index in [1.54, 1.807) is 53.7 Å². The molecule has 0 N–H and O–H groups in total. The second-order valence-electron chi connectivity index (χ2n) is 7.17. The Balaban J connectivity index is 3.61. The zero-order valence-electron chi connectivity index (χ0n) is 14.6.